The molecule has 13 heavy (non-hydrogen) atoms. The second-order valence-corrected chi connectivity index (χ2v) is 4.70. The van der Waals surface area contributed by atoms with Crippen molar-refractivity contribution in [3.63, 3.8) is 0 Å². The van der Waals surface area contributed by atoms with Crippen LogP contribution in [0.25, 0.3) is 0 Å². The third-order valence-corrected chi connectivity index (χ3v) is 2.69. The summed E-state index contributed by atoms with van der Waals surface area (Å²) in [6, 6.07) is 0. The van der Waals surface area contributed by atoms with Crippen LogP contribution in [0, 0.1) is 5.92 Å². The van der Waals surface area contributed by atoms with Gasteiger partial charge in [0, 0.05) is 4.20 Å². The summed E-state index contributed by atoms with van der Waals surface area (Å²) in [4.78, 5) is 0. The highest BCUT2D eigenvalue weighted by molar-refractivity contribution is 8.11. The maximum atomic E-state index is 4.92. The van der Waals surface area contributed by atoms with Crippen LogP contribution in [0.2, 0.25) is 0 Å². The van der Waals surface area contributed by atoms with E-state index in [-0.39, 0.29) is 0 Å². The van der Waals surface area contributed by atoms with Gasteiger partial charge in [-0.2, -0.15) is 0 Å². The first-order chi connectivity index (χ1) is 6.20. The normalized spacial score (nSPS) is 12.8. The van der Waals surface area contributed by atoms with Gasteiger partial charge in [-0.15, -0.1) is 12.6 Å². The van der Waals surface area contributed by atoms with Crippen molar-refractivity contribution in [2.75, 3.05) is 13.1 Å². The van der Waals surface area contributed by atoms with Gasteiger partial charge in [0.2, 0.25) is 0 Å². The van der Waals surface area contributed by atoms with Gasteiger partial charge in [-0.1, -0.05) is 32.5 Å². The molecule has 0 aromatic rings. The number of thiocarbonyl (C=S) groups is 1. The molecule has 0 aliphatic rings. The Morgan fingerprint density at radius 1 is 1.46 bits per heavy atom. The number of thiol groups is 1. The zero-order valence-corrected chi connectivity index (χ0v) is 10.4. The molecule has 0 aromatic heterocycles. The van der Waals surface area contributed by atoms with Crippen molar-refractivity contribution in [2.24, 2.45) is 5.92 Å². The molecule has 0 amide bonds. The van der Waals surface area contributed by atoms with Gasteiger partial charge in [0.15, 0.2) is 0 Å². The van der Waals surface area contributed by atoms with Gasteiger partial charge in [-0.3, -0.25) is 0 Å². The van der Waals surface area contributed by atoms with Gasteiger partial charge in [-0.05, 0) is 38.3 Å². The van der Waals surface area contributed by atoms with Gasteiger partial charge in [0.05, 0.1) is 0 Å². The minimum absolute atomic E-state index is 0.808. The quantitative estimate of drug-likeness (QED) is 0.481. The summed E-state index contributed by atoms with van der Waals surface area (Å²) in [5.41, 5.74) is 0. The fraction of sp³-hybridized carbons (Fsp3) is 0.900. The van der Waals surface area contributed by atoms with Crippen LogP contribution in [0.5, 0.6) is 0 Å². The van der Waals surface area contributed by atoms with E-state index >= 15 is 0 Å². The highest BCUT2D eigenvalue weighted by atomic mass is 32.1. The van der Waals surface area contributed by atoms with Gasteiger partial charge in [-0.25, -0.2) is 0 Å². The standard InChI is InChI=1S/C10H21NS2/c1-3-9(8-11-4-2)6-5-7-10(12)13/h9,11H,3-8H2,1-2H3,(H,12,13). The van der Waals surface area contributed by atoms with Crippen LogP contribution in [-0.4, -0.2) is 17.3 Å². The van der Waals surface area contributed by atoms with E-state index in [1.807, 2.05) is 0 Å². The minimum atomic E-state index is 0.808. The third kappa shape index (κ3) is 8.72. The Labute approximate surface area is 93.1 Å². The van der Waals surface area contributed by atoms with Crippen LogP contribution in [0.3, 0.4) is 0 Å². The molecule has 0 saturated heterocycles. The Morgan fingerprint density at radius 3 is 2.62 bits per heavy atom. The third-order valence-electron chi connectivity index (χ3n) is 2.26. The molecule has 1 atom stereocenters. The number of hydrogen-bond donors (Lipinski definition) is 2. The van der Waals surface area contributed by atoms with E-state index < -0.39 is 0 Å². The molecule has 0 aliphatic heterocycles. The minimum Gasteiger partial charge on any atom is -0.317 e. The van der Waals surface area contributed by atoms with E-state index in [4.69, 9.17) is 12.2 Å². The Bertz CT molecular complexity index is 137. The van der Waals surface area contributed by atoms with Crippen LogP contribution >= 0.6 is 24.8 Å². The average Bonchev–Trinajstić information content (AvgIpc) is 2.10. The summed E-state index contributed by atoms with van der Waals surface area (Å²) in [6.45, 7) is 6.62. The molecular weight excluding hydrogens is 198 g/mol. The van der Waals surface area contributed by atoms with E-state index in [0.717, 1.165) is 29.6 Å². The zero-order chi connectivity index (χ0) is 10.1. The van der Waals surface area contributed by atoms with E-state index in [0.29, 0.717) is 0 Å². The summed E-state index contributed by atoms with van der Waals surface area (Å²) >= 11 is 9.04. The van der Waals surface area contributed by atoms with E-state index in [1.165, 1.54) is 19.3 Å². The van der Waals surface area contributed by atoms with Crippen molar-refractivity contribution in [3.05, 3.63) is 0 Å². The SMILES string of the molecule is CCNCC(CC)CCCC(=S)S. The molecule has 0 rings (SSSR count). The number of hydrogen-bond acceptors (Lipinski definition) is 2. The smallest absolute Gasteiger partial charge is 0.0448 e. The maximum Gasteiger partial charge on any atom is 0.0448 e. The lowest BCUT2D eigenvalue weighted by Crippen LogP contribution is -2.22. The molecule has 0 bridgehead atoms. The van der Waals surface area contributed by atoms with Gasteiger partial charge < -0.3 is 5.32 Å². The molecule has 0 saturated carbocycles. The van der Waals surface area contributed by atoms with Gasteiger partial charge >= 0.3 is 0 Å². The van der Waals surface area contributed by atoms with Crippen molar-refractivity contribution in [3.8, 4) is 0 Å². The average molecular weight is 219 g/mol. The molecule has 1 unspecified atom stereocenters. The van der Waals surface area contributed by atoms with Crippen LogP contribution in [0.15, 0.2) is 0 Å². The van der Waals surface area contributed by atoms with Crippen LogP contribution in [0.4, 0.5) is 0 Å². The van der Waals surface area contributed by atoms with E-state index in [2.05, 4.69) is 31.8 Å². The van der Waals surface area contributed by atoms with Crippen molar-refractivity contribution in [1.82, 2.24) is 5.32 Å². The number of nitrogens with one attached hydrogen (secondary N) is 1. The fourth-order valence-corrected chi connectivity index (χ4v) is 1.64. The van der Waals surface area contributed by atoms with Gasteiger partial charge in [0.25, 0.3) is 0 Å². The molecule has 0 aromatic carbocycles. The number of rotatable bonds is 8. The Kier molecular flexibility index (Phi) is 9.25. The maximum absolute atomic E-state index is 4.92. The van der Waals surface area contributed by atoms with Crippen molar-refractivity contribution in [1.29, 1.82) is 0 Å². The zero-order valence-electron chi connectivity index (χ0n) is 8.68. The molecule has 1 nitrogen and oxygen atoms in total. The fourth-order valence-electron chi connectivity index (χ4n) is 1.34. The highest BCUT2D eigenvalue weighted by Crippen LogP contribution is 2.12. The molecule has 1 N–H and O–H groups in total. The molecule has 78 valence electrons. The molecule has 0 radical (unpaired) electrons. The lowest BCUT2D eigenvalue weighted by molar-refractivity contribution is 0.431. The summed E-state index contributed by atoms with van der Waals surface area (Å²) in [6.07, 6.45) is 4.70. The molecule has 0 aliphatic carbocycles. The Balaban J connectivity index is 3.41. The second kappa shape index (κ2) is 8.97. The second-order valence-electron chi connectivity index (χ2n) is 3.37. The monoisotopic (exact) mass is 219 g/mol. The van der Waals surface area contributed by atoms with Crippen molar-refractivity contribution in [2.45, 2.75) is 39.5 Å². The van der Waals surface area contributed by atoms with Gasteiger partial charge in [0.1, 0.15) is 0 Å². The summed E-state index contributed by atoms with van der Waals surface area (Å²) in [5.74, 6) is 0.808. The Morgan fingerprint density at radius 2 is 2.15 bits per heavy atom. The molecule has 0 heterocycles. The first-order valence-electron chi connectivity index (χ1n) is 5.13. The lowest BCUT2D eigenvalue weighted by Gasteiger charge is -2.14. The molecule has 0 fully saturated rings. The lowest BCUT2D eigenvalue weighted by atomic mass is 9.99. The summed E-state index contributed by atoms with van der Waals surface area (Å²) < 4.78 is 0.846. The molecular formula is C10H21NS2. The topological polar surface area (TPSA) is 12.0 Å². The molecule has 0 spiro atoms. The summed E-state index contributed by atoms with van der Waals surface area (Å²) in [5, 5.41) is 3.39. The van der Waals surface area contributed by atoms with Crippen LogP contribution in [0.1, 0.15) is 39.5 Å². The predicted octanol–water partition coefficient (Wildman–Crippen LogP) is 3.05. The van der Waals surface area contributed by atoms with E-state index in [1.54, 1.807) is 0 Å². The first kappa shape index (κ1) is 13.4. The first-order valence-corrected chi connectivity index (χ1v) is 5.98. The van der Waals surface area contributed by atoms with Crippen LogP contribution < -0.4 is 5.32 Å². The summed E-state index contributed by atoms with van der Waals surface area (Å²) in [7, 11) is 0. The molecule has 3 heteroatoms. The largest absolute Gasteiger partial charge is 0.317 e. The van der Waals surface area contributed by atoms with Crippen LogP contribution in [-0.2, 0) is 0 Å². The van der Waals surface area contributed by atoms with E-state index in [9.17, 15) is 0 Å². The highest BCUT2D eigenvalue weighted by Gasteiger charge is 2.04. The predicted molar refractivity (Wildman–Crippen MR) is 67.8 cm³/mol. The van der Waals surface area contributed by atoms with Crippen molar-refractivity contribution >= 4 is 29.0 Å². The van der Waals surface area contributed by atoms with Crippen molar-refractivity contribution < 1.29 is 0 Å². The Hall–Kier alpha value is 0.400.